The molecule has 104 valence electrons. The third-order valence-corrected chi connectivity index (χ3v) is 4.23. The average Bonchev–Trinajstić information content (AvgIpc) is 2.48. The Morgan fingerprint density at radius 2 is 1.75 bits per heavy atom. The smallest absolute Gasteiger partial charge is 0.269 e. The van der Waals surface area contributed by atoms with E-state index in [1.165, 1.54) is 12.1 Å². The Balaban J connectivity index is 2.14. The summed E-state index contributed by atoms with van der Waals surface area (Å²) in [6, 6.07) is 16.4. The van der Waals surface area contributed by atoms with Crippen LogP contribution in [0.5, 0.6) is 0 Å². The van der Waals surface area contributed by atoms with Crippen LogP contribution in [0.1, 0.15) is 17.2 Å². The van der Waals surface area contributed by atoms with Gasteiger partial charge in [-0.25, -0.2) is 0 Å². The number of non-ortho nitro benzene ring substituents is 1. The van der Waals surface area contributed by atoms with Gasteiger partial charge in [-0.3, -0.25) is 10.1 Å². The molecule has 0 spiro atoms. The third kappa shape index (κ3) is 3.82. The number of hydrogen-bond donors (Lipinski definition) is 1. The summed E-state index contributed by atoms with van der Waals surface area (Å²) in [6.45, 7) is 0.111. The molecule has 0 fully saturated rings. The van der Waals surface area contributed by atoms with E-state index in [0.717, 1.165) is 10.5 Å². The first kappa shape index (κ1) is 14.6. The van der Waals surface area contributed by atoms with Crippen LogP contribution in [-0.2, 0) is 0 Å². The Morgan fingerprint density at radius 1 is 1.10 bits per heavy atom. The van der Waals surface area contributed by atoms with Gasteiger partial charge in [0, 0.05) is 28.9 Å². The number of aliphatic hydroxyl groups is 1. The van der Waals surface area contributed by atoms with Gasteiger partial charge in [-0.15, -0.1) is 11.8 Å². The number of rotatable bonds is 6. The van der Waals surface area contributed by atoms with Crippen LogP contribution in [0.15, 0.2) is 59.5 Å². The number of nitrogens with zero attached hydrogens (tertiary/aromatic N) is 1. The molecule has 0 aliphatic rings. The Kier molecular flexibility index (Phi) is 5.15. The van der Waals surface area contributed by atoms with Crippen LogP contribution < -0.4 is 0 Å². The van der Waals surface area contributed by atoms with Crippen LogP contribution in [0.4, 0.5) is 5.69 Å². The molecule has 4 nitrogen and oxygen atoms in total. The summed E-state index contributed by atoms with van der Waals surface area (Å²) in [7, 11) is 0. The fourth-order valence-electron chi connectivity index (χ4n) is 1.89. The minimum absolute atomic E-state index is 0.0905. The molecule has 0 heterocycles. The highest BCUT2D eigenvalue weighted by molar-refractivity contribution is 7.99. The summed E-state index contributed by atoms with van der Waals surface area (Å²) in [4.78, 5) is 11.2. The van der Waals surface area contributed by atoms with Crippen molar-refractivity contribution in [3.05, 3.63) is 70.3 Å². The lowest BCUT2D eigenvalue weighted by Crippen LogP contribution is -1.97. The SMILES string of the molecule is O=[N+]([O-])c1ccc(SC(CCO)c2ccccc2)cc1. The van der Waals surface area contributed by atoms with Crippen LogP contribution >= 0.6 is 11.8 Å². The van der Waals surface area contributed by atoms with Gasteiger partial charge in [0.15, 0.2) is 0 Å². The lowest BCUT2D eigenvalue weighted by atomic mass is 10.1. The molecule has 2 aromatic rings. The number of thioether (sulfide) groups is 1. The van der Waals surface area contributed by atoms with Gasteiger partial charge in [0.2, 0.25) is 0 Å². The van der Waals surface area contributed by atoms with Gasteiger partial charge in [0.1, 0.15) is 0 Å². The fraction of sp³-hybridized carbons (Fsp3) is 0.200. The molecule has 1 N–H and O–H groups in total. The molecule has 1 unspecified atom stereocenters. The summed E-state index contributed by atoms with van der Waals surface area (Å²) in [5.41, 5.74) is 1.23. The molecule has 20 heavy (non-hydrogen) atoms. The summed E-state index contributed by atoms with van der Waals surface area (Å²) in [5, 5.41) is 20.0. The van der Waals surface area contributed by atoms with Crippen LogP contribution in [0, 0.1) is 10.1 Å². The summed E-state index contributed by atoms with van der Waals surface area (Å²) in [6.07, 6.45) is 0.645. The first-order valence-electron chi connectivity index (χ1n) is 6.27. The van der Waals surface area contributed by atoms with Crippen LogP contribution in [-0.4, -0.2) is 16.6 Å². The van der Waals surface area contributed by atoms with Gasteiger partial charge in [0.25, 0.3) is 5.69 Å². The maximum atomic E-state index is 10.6. The molecule has 0 aromatic heterocycles. The fourth-order valence-corrected chi connectivity index (χ4v) is 3.03. The van der Waals surface area contributed by atoms with Crippen molar-refractivity contribution in [2.24, 2.45) is 0 Å². The lowest BCUT2D eigenvalue weighted by molar-refractivity contribution is -0.384. The van der Waals surface area contributed by atoms with E-state index in [2.05, 4.69) is 0 Å². The van der Waals surface area contributed by atoms with Gasteiger partial charge in [-0.05, 0) is 24.1 Å². The van der Waals surface area contributed by atoms with E-state index < -0.39 is 4.92 Å². The first-order valence-corrected chi connectivity index (χ1v) is 7.15. The second-order valence-corrected chi connectivity index (χ2v) is 5.56. The topological polar surface area (TPSA) is 63.4 Å². The largest absolute Gasteiger partial charge is 0.396 e. The molecular weight excluding hydrogens is 274 g/mol. The Labute approximate surface area is 121 Å². The molecule has 0 aliphatic carbocycles. The highest BCUT2D eigenvalue weighted by Gasteiger charge is 2.13. The van der Waals surface area contributed by atoms with Gasteiger partial charge >= 0.3 is 0 Å². The van der Waals surface area contributed by atoms with E-state index in [1.54, 1.807) is 23.9 Å². The molecule has 0 saturated carbocycles. The average molecular weight is 289 g/mol. The maximum absolute atomic E-state index is 10.6. The highest BCUT2D eigenvalue weighted by Crippen LogP contribution is 2.37. The zero-order chi connectivity index (χ0) is 14.4. The predicted octanol–water partition coefficient (Wildman–Crippen LogP) is 3.81. The predicted molar refractivity (Wildman–Crippen MR) is 79.8 cm³/mol. The van der Waals surface area contributed by atoms with Crippen molar-refractivity contribution in [2.75, 3.05) is 6.61 Å². The number of benzene rings is 2. The highest BCUT2D eigenvalue weighted by atomic mass is 32.2. The molecule has 0 radical (unpaired) electrons. The van der Waals surface area contributed by atoms with Crippen molar-refractivity contribution in [3.63, 3.8) is 0 Å². The van der Waals surface area contributed by atoms with E-state index in [9.17, 15) is 15.2 Å². The first-order chi connectivity index (χ1) is 9.70. The minimum atomic E-state index is -0.406. The van der Waals surface area contributed by atoms with E-state index in [0.29, 0.717) is 6.42 Å². The van der Waals surface area contributed by atoms with E-state index in [1.807, 2.05) is 30.3 Å². The van der Waals surface area contributed by atoms with E-state index >= 15 is 0 Å². The monoisotopic (exact) mass is 289 g/mol. The van der Waals surface area contributed by atoms with Crippen molar-refractivity contribution >= 4 is 17.4 Å². The quantitative estimate of drug-likeness (QED) is 0.499. The lowest BCUT2D eigenvalue weighted by Gasteiger charge is -2.15. The standard InChI is InChI=1S/C15H15NO3S/c17-11-10-15(12-4-2-1-3-5-12)20-14-8-6-13(7-9-14)16(18)19/h1-9,15,17H,10-11H2. The molecular formula is C15H15NO3S. The van der Waals surface area contributed by atoms with Gasteiger partial charge in [-0.1, -0.05) is 30.3 Å². The zero-order valence-electron chi connectivity index (χ0n) is 10.8. The van der Waals surface area contributed by atoms with E-state index in [-0.39, 0.29) is 17.5 Å². The van der Waals surface area contributed by atoms with Gasteiger partial charge in [-0.2, -0.15) is 0 Å². The molecule has 0 bridgehead atoms. The van der Waals surface area contributed by atoms with Crippen LogP contribution in [0.2, 0.25) is 0 Å². The molecule has 0 aliphatic heterocycles. The second-order valence-electron chi connectivity index (χ2n) is 4.28. The Hall–Kier alpha value is -1.85. The summed E-state index contributed by atoms with van der Waals surface area (Å²) < 4.78 is 0. The Bertz CT molecular complexity index is 557. The number of aliphatic hydroxyl groups excluding tert-OH is 1. The molecule has 0 saturated heterocycles. The molecule has 2 aromatic carbocycles. The summed E-state index contributed by atoms with van der Waals surface area (Å²) in [5.74, 6) is 0. The number of nitro groups is 1. The second kappa shape index (κ2) is 7.07. The van der Waals surface area contributed by atoms with Gasteiger partial charge in [0.05, 0.1) is 4.92 Å². The van der Waals surface area contributed by atoms with Crippen molar-refractivity contribution in [1.29, 1.82) is 0 Å². The molecule has 2 rings (SSSR count). The minimum Gasteiger partial charge on any atom is -0.396 e. The number of hydrogen-bond acceptors (Lipinski definition) is 4. The van der Waals surface area contributed by atoms with Gasteiger partial charge < -0.3 is 5.11 Å². The van der Waals surface area contributed by atoms with Crippen LogP contribution in [0.3, 0.4) is 0 Å². The van der Waals surface area contributed by atoms with Crippen molar-refractivity contribution in [1.82, 2.24) is 0 Å². The van der Waals surface area contributed by atoms with E-state index in [4.69, 9.17) is 0 Å². The molecule has 1 atom stereocenters. The Morgan fingerprint density at radius 3 is 2.30 bits per heavy atom. The normalized spacial score (nSPS) is 12.1. The third-order valence-electron chi connectivity index (χ3n) is 2.89. The van der Waals surface area contributed by atoms with Crippen LogP contribution in [0.25, 0.3) is 0 Å². The maximum Gasteiger partial charge on any atom is 0.269 e. The number of nitro benzene ring substituents is 1. The van der Waals surface area contributed by atoms with Crippen molar-refractivity contribution < 1.29 is 10.0 Å². The molecule has 0 amide bonds. The zero-order valence-corrected chi connectivity index (χ0v) is 11.6. The van der Waals surface area contributed by atoms with Crippen molar-refractivity contribution in [2.45, 2.75) is 16.6 Å². The molecule has 5 heteroatoms. The summed E-state index contributed by atoms with van der Waals surface area (Å²) >= 11 is 1.60. The van der Waals surface area contributed by atoms with Crippen molar-refractivity contribution in [3.8, 4) is 0 Å².